The van der Waals surface area contributed by atoms with Crippen LogP contribution >= 0.6 is 0 Å². The molecule has 0 heterocycles. The summed E-state index contributed by atoms with van der Waals surface area (Å²) < 4.78 is 5.82. The topological polar surface area (TPSA) is 50.1 Å². The van der Waals surface area contributed by atoms with Crippen molar-refractivity contribution in [3.8, 4) is 11.8 Å². The Kier molecular flexibility index (Phi) is 5.81. The number of carbonyl (C=O) groups excluding carboxylic acids is 1. The highest BCUT2D eigenvalue weighted by Crippen LogP contribution is 2.18. The Bertz CT molecular complexity index is 997. The third-order valence-corrected chi connectivity index (χ3v) is 4.25. The van der Waals surface area contributed by atoms with E-state index in [9.17, 15) is 10.1 Å². The molecule has 0 saturated carbocycles. The van der Waals surface area contributed by atoms with E-state index in [-0.39, 0.29) is 11.4 Å². The number of nitrogens with zero attached hydrogens (tertiary/aromatic N) is 1. The molecule has 0 aliphatic heterocycles. The minimum absolute atomic E-state index is 0.106. The fraction of sp³-hybridized carbons (Fsp3) is 0.0833. The van der Waals surface area contributed by atoms with Gasteiger partial charge in [0.2, 0.25) is 5.78 Å². The Labute approximate surface area is 159 Å². The molecule has 3 rings (SSSR count). The number of ketones is 1. The number of carbonyl (C=O) groups is 1. The van der Waals surface area contributed by atoms with Crippen molar-refractivity contribution in [2.24, 2.45) is 0 Å². The largest absolute Gasteiger partial charge is 0.489 e. The standard InChI is InChI=1S/C24H19NO2/c1-18-7-5-6-10-21(18)17-27-23-13-11-19(12-14-23)15-22(16-25)24(26)20-8-3-2-4-9-20/h2-15H,17H2,1H3. The number of benzene rings is 3. The van der Waals surface area contributed by atoms with Crippen LogP contribution in [0.3, 0.4) is 0 Å². The highest BCUT2D eigenvalue weighted by atomic mass is 16.5. The lowest BCUT2D eigenvalue weighted by atomic mass is 10.0. The molecule has 0 N–H and O–H groups in total. The van der Waals surface area contributed by atoms with E-state index in [2.05, 4.69) is 13.0 Å². The van der Waals surface area contributed by atoms with Crippen molar-refractivity contribution in [1.82, 2.24) is 0 Å². The van der Waals surface area contributed by atoms with Crippen molar-refractivity contribution in [2.75, 3.05) is 0 Å². The lowest BCUT2D eigenvalue weighted by Crippen LogP contribution is -2.01. The van der Waals surface area contributed by atoms with Crippen LogP contribution in [0, 0.1) is 18.3 Å². The molecule has 3 aromatic rings. The molecule has 0 amide bonds. The second kappa shape index (κ2) is 8.64. The van der Waals surface area contributed by atoms with Crippen LogP contribution in [0.15, 0.2) is 84.4 Å². The Morgan fingerprint density at radius 1 is 0.963 bits per heavy atom. The molecule has 0 atom stereocenters. The number of ether oxygens (including phenoxy) is 1. The second-order valence-corrected chi connectivity index (χ2v) is 6.15. The molecule has 0 bridgehead atoms. The molecule has 3 heteroatoms. The molecular weight excluding hydrogens is 334 g/mol. The fourth-order valence-corrected chi connectivity index (χ4v) is 2.65. The Hall–Kier alpha value is -3.64. The number of hydrogen-bond donors (Lipinski definition) is 0. The van der Waals surface area contributed by atoms with Crippen LogP contribution in [-0.4, -0.2) is 5.78 Å². The van der Waals surface area contributed by atoms with Crippen molar-refractivity contribution in [3.63, 3.8) is 0 Å². The van der Waals surface area contributed by atoms with E-state index in [1.807, 2.05) is 54.6 Å². The second-order valence-electron chi connectivity index (χ2n) is 6.15. The first-order valence-electron chi connectivity index (χ1n) is 8.66. The van der Waals surface area contributed by atoms with Crippen LogP contribution < -0.4 is 4.74 Å². The summed E-state index contributed by atoms with van der Waals surface area (Å²) in [5.74, 6) is 0.460. The van der Waals surface area contributed by atoms with E-state index in [4.69, 9.17) is 4.74 Å². The quantitative estimate of drug-likeness (QED) is 0.340. The van der Waals surface area contributed by atoms with Gasteiger partial charge in [-0.15, -0.1) is 0 Å². The minimum Gasteiger partial charge on any atom is -0.489 e. The highest BCUT2D eigenvalue weighted by Gasteiger charge is 2.11. The van der Waals surface area contributed by atoms with Crippen LogP contribution in [0.1, 0.15) is 27.0 Å². The van der Waals surface area contributed by atoms with E-state index in [0.29, 0.717) is 12.2 Å². The zero-order valence-electron chi connectivity index (χ0n) is 15.1. The van der Waals surface area contributed by atoms with Crippen molar-refractivity contribution >= 4 is 11.9 Å². The summed E-state index contributed by atoms with van der Waals surface area (Å²) in [6.07, 6.45) is 1.60. The van der Waals surface area contributed by atoms with Crippen molar-refractivity contribution in [1.29, 1.82) is 5.26 Å². The van der Waals surface area contributed by atoms with Crippen LogP contribution in [0.4, 0.5) is 0 Å². The van der Waals surface area contributed by atoms with Gasteiger partial charge in [0.1, 0.15) is 24.0 Å². The first kappa shape index (κ1) is 18.2. The Morgan fingerprint density at radius 3 is 2.30 bits per heavy atom. The summed E-state index contributed by atoms with van der Waals surface area (Å²) in [5, 5.41) is 9.35. The van der Waals surface area contributed by atoms with Crippen LogP contribution in [0.25, 0.3) is 6.08 Å². The van der Waals surface area contributed by atoms with Gasteiger partial charge in [0.15, 0.2) is 0 Å². The van der Waals surface area contributed by atoms with Crippen molar-refractivity contribution in [2.45, 2.75) is 13.5 Å². The molecule has 0 radical (unpaired) electrons. The molecule has 0 saturated heterocycles. The summed E-state index contributed by atoms with van der Waals surface area (Å²) in [6.45, 7) is 2.55. The third kappa shape index (κ3) is 4.71. The maximum Gasteiger partial charge on any atom is 0.203 e. The molecule has 27 heavy (non-hydrogen) atoms. The predicted octanol–water partition coefficient (Wildman–Crippen LogP) is 5.36. The molecule has 0 aromatic heterocycles. The van der Waals surface area contributed by atoms with Crippen molar-refractivity contribution in [3.05, 3.63) is 107 Å². The van der Waals surface area contributed by atoms with E-state index >= 15 is 0 Å². The lowest BCUT2D eigenvalue weighted by molar-refractivity contribution is 0.104. The molecule has 3 aromatic carbocycles. The van der Waals surface area contributed by atoms with Crippen LogP contribution in [0.5, 0.6) is 5.75 Å². The predicted molar refractivity (Wildman–Crippen MR) is 106 cm³/mol. The SMILES string of the molecule is Cc1ccccc1COc1ccc(C=C(C#N)C(=O)c2ccccc2)cc1. The molecule has 132 valence electrons. The van der Waals surface area contributed by atoms with Crippen molar-refractivity contribution < 1.29 is 9.53 Å². The highest BCUT2D eigenvalue weighted by molar-refractivity contribution is 6.14. The zero-order valence-corrected chi connectivity index (χ0v) is 15.1. The molecule has 0 aliphatic carbocycles. The molecule has 0 aliphatic rings. The summed E-state index contributed by atoms with van der Waals surface area (Å²) in [5.41, 5.74) is 3.72. The van der Waals surface area contributed by atoms with Gasteiger partial charge in [-0.3, -0.25) is 4.79 Å². The molecular formula is C24H19NO2. The van der Waals surface area contributed by atoms with Gasteiger partial charge in [-0.2, -0.15) is 5.26 Å². The molecule has 3 nitrogen and oxygen atoms in total. The Morgan fingerprint density at radius 2 is 1.63 bits per heavy atom. The van der Waals surface area contributed by atoms with Gasteiger partial charge in [0.25, 0.3) is 0 Å². The number of aryl methyl sites for hydroxylation is 1. The van der Waals surface area contributed by atoms with E-state index in [1.165, 1.54) is 5.56 Å². The van der Waals surface area contributed by atoms with Gasteiger partial charge in [-0.1, -0.05) is 66.7 Å². The first-order chi connectivity index (χ1) is 13.2. The zero-order chi connectivity index (χ0) is 19.1. The number of Topliss-reactive ketones (excluding diaryl/α,β-unsaturated/α-hetero) is 1. The number of rotatable bonds is 6. The minimum atomic E-state index is -0.280. The number of allylic oxidation sites excluding steroid dienone is 1. The van der Waals surface area contributed by atoms with E-state index < -0.39 is 0 Å². The van der Waals surface area contributed by atoms with Crippen LogP contribution in [0.2, 0.25) is 0 Å². The van der Waals surface area contributed by atoms with Gasteiger partial charge in [0.05, 0.1) is 0 Å². The smallest absolute Gasteiger partial charge is 0.203 e. The van der Waals surface area contributed by atoms with Gasteiger partial charge < -0.3 is 4.74 Å². The molecule has 0 fully saturated rings. The average molecular weight is 353 g/mol. The van der Waals surface area contributed by atoms with E-state index in [0.717, 1.165) is 16.9 Å². The lowest BCUT2D eigenvalue weighted by Gasteiger charge is -2.08. The Balaban J connectivity index is 1.71. The van der Waals surface area contributed by atoms with Gasteiger partial charge >= 0.3 is 0 Å². The third-order valence-electron chi connectivity index (χ3n) is 4.25. The van der Waals surface area contributed by atoms with Gasteiger partial charge in [-0.05, 0) is 41.8 Å². The molecule has 0 spiro atoms. The maximum atomic E-state index is 12.4. The normalized spacial score (nSPS) is 10.9. The summed E-state index contributed by atoms with van der Waals surface area (Å²) in [4.78, 5) is 12.4. The average Bonchev–Trinajstić information content (AvgIpc) is 2.72. The maximum absolute atomic E-state index is 12.4. The molecule has 0 unspecified atom stereocenters. The van der Waals surface area contributed by atoms with E-state index in [1.54, 1.807) is 30.3 Å². The summed E-state index contributed by atoms with van der Waals surface area (Å²) in [6, 6.07) is 26.2. The van der Waals surface area contributed by atoms with Crippen LogP contribution in [-0.2, 0) is 6.61 Å². The first-order valence-corrected chi connectivity index (χ1v) is 8.66. The number of hydrogen-bond acceptors (Lipinski definition) is 3. The van der Waals surface area contributed by atoms with Gasteiger partial charge in [-0.25, -0.2) is 0 Å². The summed E-state index contributed by atoms with van der Waals surface area (Å²) in [7, 11) is 0. The monoisotopic (exact) mass is 353 g/mol. The van der Waals surface area contributed by atoms with Gasteiger partial charge in [0, 0.05) is 5.56 Å². The number of nitriles is 1. The summed E-state index contributed by atoms with van der Waals surface area (Å²) >= 11 is 0. The fourth-order valence-electron chi connectivity index (χ4n) is 2.65.